The average molecular weight is 260 g/mol. The SMILES string of the molecule is CCCCCNCc1ccc(N2CCCC2=O)cc1. The molecule has 1 aliphatic rings. The molecule has 19 heavy (non-hydrogen) atoms. The van der Waals surface area contributed by atoms with Crippen molar-refractivity contribution >= 4 is 11.6 Å². The second-order valence-corrected chi connectivity index (χ2v) is 5.20. The van der Waals surface area contributed by atoms with Crippen LogP contribution in [0.15, 0.2) is 24.3 Å². The zero-order valence-electron chi connectivity index (χ0n) is 11.8. The molecule has 0 aromatic heterocycles. The third-order valence-corrected chi connectivity index (χ3v) is 3.61. The van der Waals surface area contributed by atoms with Gasteiger partial charge in [0, 0.05) is 25.2 Å². The van der Waals surface area contributed by atoms with E-state index in [0.29, 0.717) is 6.42 Å². The number of nitrogens with one attached hydrogen (secondary N) is 1. The van der Waals surface area contributed by atoms with Crippen molar-refractivity contribution in [3.8, 4) is 0 Å². The molecular weight excluding hydrogens is 236 g/mol. The molecule has 0 saturated carbocycles. The number of unbranched alkanes of at least 4 members (excludes halogenated alkanes) is 2. The van der Waals surface area contributed by atoms with Crippen molar-refractivity contribution in [3.05, 3.63) is 29.8 Å². The van der Waals surface area contributed by atoms with Gasteiger partial charge in [0.05, 0.1) is 0 Å². The molecule has 1 N–H and O–H groups in total. The van der Waals surface area contributed by atoms with Gasteiger partial charge in [-0.2, -0.15) is 0 Å². The molecule has 3 nitrogen and oxygen atoms in total. The number of amides is 1. The topological polar surface area (TPSA) is 32.3 Å². The molecular formula is C16H24N2O. The standard InChI is InChI=1S/C16H24N2O/c1-2-3-4-11-17-13-14-7-9-15(10-8-14)18-12-5-6-16(18)19/h7-10,17H,2-6,11-13H2,1H3. The lowest BCUT2D eigenvalue weighted by Crippen LogP contribution is -2.23. The average Bonchev–Trinajstić information content (AvgIpc) is 2.86. The Morgan fingerprint density at radius 3 is 2.63 bits per heavy atom. The predicted molar refractivity (Wildman–Crippen MR) is 79.3 cm³/mol. The van der Waals surface area contributed by atoms with E-state index in [0.717, 1.165) is 31.7 Å². The maximum atomic E-state index is 11.6. The van der Waals surface area contributed by atoms with Gasteiger partial charge in [0.25, 0.3) is 0 Å². The third-order valence-electron chi connectivity index (χ3n) is 3.61. The molecule has 3 heteroatoms. The zero-order valence-corrected chi connectivity index (χ0v) is 11.8. The maximum Gasteiger partial charge on any atom is 0.227 e. The van der Waals surface area contributed by atoms with Crippen molar-refractivity contribution < 1.29 is 4.79 Å². The zero-order chi connectivity index (χ0) is 13.5. The van der Waals surface area contributed by atoms with Crippen LogP contribution in [0.5, 0.6) is 0 Å². The molecule has 1 heterocycles. The highest BCUT2D eigenvalue weighted by molar-refractivity contribution is 5.95. The van der Waals surface area contributed by atoms with Crippen molar-refractivity contribution in [1.29, 1.82) is 0 Å². The first-order chi connectivity index (χ1) is 9.31. The number of rotatable bonds is 7. The molecule has 1 amide bonds. The molecule has 1 saturated heterocycles. The van der Waals surface area contributed by atoms with E-state index in [4.69, 9.17) is 0 Å². The largest absolute Gasteiger partial charge is 0.313 e. The minimum absolute atomic E-state index is 0.255. The number of benzene rings is 1. The van der Waals surface area contributed by atoms with Crippen LogP contribution in [0.3, 0.4) is 0 Å². The van der Waals surface area contributed by atoms with E-state index in [9.17, 15) is 4.79 Å². The normalized spacial score (nSPS) is 15.2. The molecule has 0 bridgehead atoms. The van der Waals surface area contributed by atoms with Crippen LogP contribution in [-0.4, -0.2) is 19.0 Å². The third kappa shape index (κ3) is 4.06. The van der Waals surface area contributed by atoms with Gasteiger partial charge >= 0.3 is 0 Å². The van der Waals surface area contributed by atoms with Gasteiger partial charge in [-0.15, -0.1) is 0 Å². The fraction of sp³-hybridized carbons (Fsp3) is 0.562. The van der Waals surface area contributed by atoms with Crippen molar-refractivity contribution in [2.45, 2.75) is 45.6 Å². The van der Waals surface area contributed by atoms with Crippen LogP contribution in [-0.2, 0) is 11.3 Å². The molecule has 0 unspecified atom stereocenters. The van der Waals surface area contributed by atoms with Crippen LogP contribution in [0.2, 0.25) is 0 Å². The van der Waals surface area contributed by atoms with Gasteiger partial charge in [-0.25, -0.2) is 0 Å². The Morgan fingerprint density at radius 2 is 2.00 bits per heavy atom. The summed E-state index contributed by atoms with van der Waals surface area (Å²) in [6, 6.07) is 8.36. The Hall–Kier alpha value is -1.35. The Morgan fingerprint density at radius 1 is 1.21 bits per heavy atom. The second-order valence-electron chi connectivity index (χ2n) is 5.20. The number of nitrogens with zero attached hydrogens (tertiary/aromatic N) is 1. The number of hydrogen-bond acceptors (Lipinski definition) is 2. The Labute approximate surface area is 116 Å². The summed E-state index contributed by atoms with van der Waals surface area (Å²) in [5.74, 6) is 0.255. The van der Waals surface area contributed by atoms with E-state index >= 15 is 0 Å². The van der Waals surface area contributed by atoms with Gasteiger partial charge in [0.1, 0.15) is 0 Å². The molecule has 104 valence electrons. The van der Waals surface area contributed by atoms with Crippen LogP contribution < -0.4 is 10.2 Å². The first-order valence-electron chi connectivity index (χ1n) is 7.41. The minimum Gasteiger partial charge on any atom is -0.313 e. The van der Waals surface area contributed by atoms with E-state index in [1.54, 1.807) is 0 Å². The van der Waals surface area contributed by atoms with E-state index in [2.05, 4.69) is 36.5 Å². The smallest absolute Gasteiger partial charge is 0.227 e. The maximum absolute atomic E-state index is 11.6. The van der Waals surface area contributed by atoms with Gasteiger partial charge in [-0.05, 0) is 37.1 Å². The summed E-state index contributed by atoms with van der Waals surface area (Å²) in [5.41, 5.74) is 2.32. The minimum atomic E-state index is 0.255. The number of hydrogen-bond donors (Lipinski definition) is 1. The molecule has 1 fully saturated rings. The first-order valence-corrected chi connectivity index (χ1v) is 7.41. The quantitative estimate of drug-likeness (QED) is 0.764. The van der Waals surface area contributed by atoms with Crippen LogP contribution in [0.1, 0.15) is 44.6 Å². The molecule has 0 aliphatic carbocycles. The van der Waals surface area contributed by atoms with Crippen molar-refractivity contribution in [2.75, 3.05) is 18.0 Å². The van der Waals surface area contributed by atoms with E-state index in [-0.39, 0.29) is 5.91 Å². The van der Waals surface area contributed by atoms with Crippen LogP contribution >= 0.6 is 0 Å². The van der Waals surface area contributed by atoms with E-state index in [1.165, 1.54) is 24.8 Å². The summed E-state index contributed by atoms with van der Waals surface area (Å²) in [5, 5.41) is 3.45. The number of carbonyl (C=O) groups excluding carboxylic acids is 1. The summed E-state index contributed by atoms with van der Waals surface area (Å²) in [6.07, 6.45) is 5.49. The summed E-state index contributed by atoms with van der Waals surface area (Å²) >= 11 is 0. The summed E-state index contributed by atoms with van der Waals surface area (Å²) < 4.78 is 0. The second kappa shape index (κ2) is 7.29. The number of anilines is 1. The van der Waals surface area contributed by atoms with Gasteiger partial charge in [0.2, 0.25) is 5.91 Å². The van der Waals surface area contributed by atoms with Crippen LogP contribution in [0.4, 0.5) is 5.69 Å². The highest BCUT2D eigenvalue weighted by atomic mass is 16.2. The van der Waals surface area contributed by atoms with Crippen LogP contribution in [0.25, 0.3) is 0 Å². The van der Waals surface area contributed by atoms with Gasteiger partial charge < -0.3 is 10.2 Å². The molecule has 2 rings (SSSR count). The lowest BCUT2D eigenvalue weighted by atomic mass is 10.2. The molecule has 0 radical (unpaired) electrons. The van der Waals surface area contributed by atoms with Crippen molar-refractivity contribution in [1.82, 2.24) is 5.32 Å². The van der Waals surface area contributed by atoms with Crippen molar-refractivity contribution in [2.24, 2.45) is 0 Å². The van der Waals surface area contributed by atoms with Crippen molar-refractivity contribution in [3.63, 3.8) is 0 Å². The molecule has 1 aliphatic heterocycles. The highest BCUT2D eigenvalue weighted by Crippen LogP contribution is 2.21. The molecule has 0 spiro atoms. The monoisotopic (exact) mass is 260 g/mol. The highest BCUT2D eigenvalue weighted by Gasteiger charge is 2.21. The fourth-order valence-corrected chi connectivity index (χ4v) is 2.45. The van der Waals surface area contributed by atoms with Gasteiger partial charge in [0.15, 0.2) is 0 Å². The molecule has 1 aromatic rings. The van der Waals surface area contributed by atoms with E-state index < -0.39 is 0 Å². The summed E-state index contributed by atoms with van der Waals surface area (Å²) in [7, 11) is 0. The lowest BCUT2D eigenvalue weighted by Gasteiger charge is -2.16. The Balaban J connectivity index is 1.79. The fourth-order valence-electron chi connectivity index (χ4n) is 2.45. The van der Waals surface area contributed by atoms with Crippen LogP contribution in [0, 0.1) is 0 Å². The first kappa shape index (κ1) is 14.1. The lowest BCUT2D eigenvalue weighted by molar-refractivity contribution is -0.117. The van der Waals surface area contributed by atoms with E-state index in [1.807, 2.05) is 4.90 Å². The van der Waals surface area contributed by atoms with Gasteiger partial charge in [-0.1, -0.05) is 31.9 Å². The Bertz CT molecular complexity index is 400. The number of carbonyl (C=O) groups is 1. The Kier molecular flexibility index (Phi) is 5.40. The summed E-state index contributed by atoms with van der Waals surface area (Å²) in [6.45, 7) is 5.09. The van der Waals surface area contributed by atoms with Gasteiger partial charge in [-0.3, -0.25) is 4.79 Å². The molecule has 1 aromatic carbocycles. The molecule has 0 atom stereocenters. The summed E-state index contributed by atoms with van der Waals surface area (Å²) in [4.78, 5) is 13.5. The predicted octanol–water partition coefficient (Wildman–Crippen LogP) is 3.09.